The molecule has 0 atom stereocenters. The normalized spacial score (nSPS) is 13.6. The Morgan fingerprint density at radius 2 is 1.90 bits per heavy atom. The molecule has 1 radical (unpaired) electrons. The molecule has 0 saturated carbocycles. The van der Waals surface area contributed by atoms with Crippen LogP contribution in [0.2, 0.25) is 0 Å². The van der Waals surface area contributed by atoms with E-state index in [0.717, 1.165) is 34.3 Å². The van der Waals surface area contributed by atoms with Crippen LogP contribution in [0.25, 0.3) is 21.9 Å². The van der Waals surface area contributed by atoms with Crippen molar-refractivity contribution in [2.24, 2.45) is 0 Å². The Hall–Kier alpha value is -1.90. The van der Waals surface area contributed by atoms with Gasteiger partial charge in [-0.25, -0.2) is 0 Å². The molecule has 2 aromatic carbocycles. The molecule has 0 N–H and O–H groups in total. The summed E-state index contributed by atoms with van der Waals surface area (Å²) in [6.07, 6.45) is 4.10. The van der Waals surface area contributed by atoms with E-state index < -0.39 is 0 Å². The average molecular weight is 457 g/mol. The van der Waals surface area contributed by atoms with Crippen molar-refractivity contribution in [2.75, 3.05) is 18.6 Å². The molecule has 3 aromatic rings. The smallest absolute Gasteiger partial charge is 0.116 e. The second-order valence-electron chi connectivity index (χ2n) is 4.83. The Labute approximate surface area is 138 Å². The van der Waals surface area contributed by atoms with Crippen molar-refractivity contribution in [3.63, 3.8) is 0 Å². The first kappa shape index (κ1) is 15.5. The average Bonchev–Trinajstić information content (AvgIpc) is 3.02. The largest absolute Gasteiger partial charge is 0.513 e. The molecular weight excluding hydrogens is 440 g/mol. The fourth-order valence-electron chi connectivity index (χ4n) is 2.56. The topological polar surface area (TPSA) is 19.6 Å². The molecule has 4 rings (SSSR count). The molecule has 3 nitrogen and oxygen atoms in total. The van der Waals surface area contributed by atoms with Gasteiger partial charge >= 0.3 is 0 Å². The molecule has 0 fully saturated rings. The zero-order valence-corrected chi connectivity index (χ0v) is 14.4. The van der Waals surface area contributed by atoms with E-state index in [4.69, 9.17) is 4.42 Å². The summed E-state index contributed by atoms with van der Waals surface area (Å²) in [6, 6.07) is 15.5. The van der Waals surface area contributed by atoms with Gasteiger partial charge in [-0.05, 0) is 11.8 Å². The monoisotopic (exact) mass is 457 g/mol. The van der Waals surface area contributed by atoms with E-state index in [0.29, 0.717) is 0 Å². The van der Waals surface area contributed by atoms with Crippen LogP contribution in [0.15, 0.2) is 53.2 Å². The molecule has 1 aliphatic rings. The number of nitrogens with zero attached hydrogens (tertiary/aromatic N) is 2. The Morgan fingerprint density at radius 1 is 1.10 bits per heavy atom. The van der Waals surface area contributed by atoms with Gasteiger partial charge in [0.25, 0.3) is 0 Å². The second-order valence-corrected chi connectivity index (χ2v) is 4.83. The number of para-hydroxylation sites is 1. The molecule has 2 heterocycles. The maximum atomic E-state index is 6.01. The van der Waals surface area contributed by atoms with Gasteiger partial charge in [0.15, 0.2) is 0 Å². The van der Waals surface area contributed by atoms with Crippen LogP contribution in [-0.2, 0) is 20.1 Å². The van der Waals surface area contributed by atoms with Gasteiger partial charge in [0.2, 0.25) is 0 Å². The van der Waals surface area contributed by atoms with Crippen LogP contribution in [0.4, 0.5) is 5.69 Å². The molecule has 0 spiro atoms. The summed E-state index contributed by atoms with van der Waals surface area (Å²) in [5, 5.41) is 2.30. The van der Waals surface area contributed by atoms with Gasteiger partial charge in [-0.3, -0.25) is 0 Å². The van der Waals surface area contributed by atoms with Crippen molar-refractivity contribution in [3.8, 4) is 0 Å². The van der Waals surface area contributed by atoms with Gasteiger partial charge in [-0.1, -0.05) is 23.6 Å². The number of fused-ring (bicyclic) bond motifs is 3. The Bertz CT molecular complexity index is 794. The van der Waals surface area contributed by atoms with Gasteiger partial charge in [0, 0.05) is 57.9 Å². The summed E-state index contributed by atoms with van der Waals surface area (Å²) in [7, 11) is 2.05. The Morgan fingerprint density at radius 3 is 2.67 bits per heavy atom. The van der Waals surface area contributed by atoms with E-state index in [2.05, 4.69) is 47.4 Å². The van der Waals surface area contributed by atoms with Crippen molar-refractivity contribution in [2.45, 2.75) is 0 Å². The second kappa shape index (κ2) is 5.84. The molecule has 0 aliphatic carbocycles. The van der Waals surface area contributed by atoms with E-state index >= 15 is 0 Å². The number of furan rings is 1. The quantitative estimate of drug-likeness (QED) is 0.516. The van der Waals surface area contributed by atoms with Crippen LogP contribution in [0.3, 0.4) is 0 Å². The molecule has 4 heteroatoms. The van der Waals surface area contributed by atoms with Crippen LogP contribution in [-0.4, -0.2) is 18.6 Å². The van der Waals surface area contributed by atoms with Gasteiger partial charge in [-0.15, -0.1) is 0 Å². The minimum absolute atomic E-state index is 0. The van der Waals surface area contributed by atoms with Crippen molar-refractivity contribution in [3.05, 3.63) is 62.3 Å². The first-order chi connectivity index (χ1) is 9.33. The van der Waals surface area contributed by atoms with Gasteiger partial charge in [-0.2, -0.15) is 18.2 Å². The Balaban J connectivity index is 0.000000807. The minimum Gasteiger partial charge on any atom is -0.513 e. The van der Waals surface area contributed by atoms with E-state index in [1.54, 1.807) is 0 Å². The maximum absolute atomic E-state index is 6.01. The fraction of sp³-hybridized carbons (Fsp3) is 0.118. The van der Waals surface area contributed by atoms with Crippen molar-refractivity contribution < 1.29 is 24.5 Å². The third-order valence-electron chi connectivity index (χ3n) is 3.48. The number of rotatable bonds is 1. The van der Waals surface area contributed by atoms with Crippen LogP contribution < -0.4 is 4.90 Å². The third kappa shape index (κ3) is 2.41. The summed E-state index contributed by atoms with van der Waals surface area (Å²) in [5.41, 5.74) is 2.83. The van der Waals surface area contributed by atoms with Crippen molar-refractivity contribution in [1.82, 2.24) is 4.90 Å². The zero-order chi connectivity index (χ0) is 12.8. The van der Waals surface area contributed by atoms with Crippen LogP contribution >= 0.6 is 0 Å². The molecule has 0 bridgehead atoms. The van der Waals surface area contributed by atoms with E-state index in [1.165, 1.54) is 0 Å². The third-order valence-corrected chi connectivity index (χ3v) is 3.48. The van der Waals surface area contributed by atoms with Crippen LogP contribution in [0, 0.1) is 13.5 Å². The predicted octanol–water partition coefficient (Wildman–Crippen LogP) is 4.01. The summed E-state index contributed by atoms with van der Waals surface area (Å²) >= 11 is 0. The number of anilines is 1. The van der Waals surface area contributed by atoms with Gasteiger partial charge in [0.05, 0.1) is 6.67 Å². The summed E-state index contributed by atoms with van der Waals surface area (Å²) in [4.78, 5) is 4.26. The van der Waals surface area contributed by atoms with Crippen LogP contribution in [0.5, 0.6) is 0 Å². The van der Waals surface area contributed by atoms with E-state index in [9.17, 15) is 0 Å². The number of hydrogen-bond acceptors (Lipinski definition) is 3. The van der Waals surface area contributed by atoms with Crippen LogP contribution in [0.1, 0.15) is 0 Å². The summed E-state index contributed by atoms with van der Waals surface area (Å²) in [6.45, 7) is 0.826. The van der Waals surface area contributed by atoms with E-state index in [1.807, 2.05) is 24.3 Å². The molecule has 0 unspecified atom stereocenters. The minimum atomic E-state index is 0. The molecule has 1 aliphatic heterocycles. The molecule has 1 aromatic heterocycles. The number of hydrogen-bond donors (Lipinski definition) is 0. The maximum Gasteiger partial charge on any atom is 0.116 e. The summed E-state index contributed by atoms with van der Waals surface area (Å²) in [5.74, 6) is 0. The van der Waals surface area contributed by atoms with Crippen molar-refractivity contribution >= 4 is 27.6 Å². The first-order valence-electron chi connectivity index (χ1n) is 6.30. The number of benzene rings is 2. The standard InChI is InChI=1S/C16H13N2O.CH3.Ir/c1-17-9-10-18(11-17)14-7-4-6-13-12-5-2-3-8-15(12)19-16(13)14;;/h2-6,8-10H,11H2,1H3;1H3;/q-1;+1;. The Kier molecular flexibility index (Phi) is 4.31. The molecule has 0 amide bonds. The summed E-state index contributed by atoms with van der Waals surface area (Å²) < 4.78 is 6.01. The SMILES string of the molecule is CN1C=CN(c2[c-]ccc3c2oc2ccccc23)C1.[CH3+].[Ir]. The molecule has 109 valence electrons. The van der Waals surface area contributed by atoms with Gasteiger partial charge < -0.3 is 14.2 Å². The van der Waals surface area contributed by atoms with Crippen molar-refractivity contribution in [1.29, 1.82) is 0 Å². The predicted molar refractivity (Wildman–Crippen MR) is 83.2 cm³/mol. The fourth-order valence-corrected chi connectivity index (χ4v) is 2.56. The molecule has 21 heavy (non-hydrogen) atoms. The zero-order valence-electron chi connectivity index (χ0n) is 12.0. The molecular formula is C17H16IrN2O. The van der Waals surface area contributed by atoms with Gasteiger partial charge in [0.1, 0.15) is 5.58 Å². The first-order valence-corrected chi connectivity index (χ1v) is 6.30. The molecule has 0 saturated heterocycles. The van der Waals surface area contributed by atoms with E-state index in [-0.39, 0.29) is 27.5 Å².